The van der Waals surface area contributed by atoms with Crippen LogP contribution in [0.4, 0.5) is 0 Å². The summed E-state index contributed by atoms with van der Waals surface area (Å²) in [5.74, 6) is 0.573. The van der Waals surface area contributed by atoms with Gasteiger partial charge >= 0.3 is 0 Å². The molecule has 94 valence electrons. The van der Waals surface area contributed by atoms with Gasteiger partial charge in [0, 0.05) is 0 Å². The molecule has 0 saturated carbocycles. The zero-order valence-electron chi connectivity index (χ0n) is 10.6. The van der Waals surface area contributed by atoms with Crippen LogP contribution in [0.25, 0.3) is 6.08 Å². The number of nitrogens with zero attached hydrogens (tertiary/aromatic N) is 1. The van der Waals surface area contributed by atoms with Crippen molar-refractivity contribution in [1.82, 2.24) is 0 Å². The van der Waals surface area contributed by atoms with E-state index >= 15 is 0 Å². The Balaban J connectivity index is 2.96. The highest BCUT2D eigenvalue weighted by atomic mass is 28.3. The average molecular weight is 253 g/mol. The summed E-state index contributed by atoms with van der Waals surface area (Å²) in [7, 11) is -1.50. The minimum absolute atomic E-state index is 0.480. The van der Waals surface area contributed by atoms with E-state index in [9.17, 15) is 10.1 Å². The van der Waals surface area contributed by atoms with E-state index in [1.807, 2.05) is 12.1 Å². The lowest BCUT2D eigenvalue weighted by molar-refractivity contribution is -0.401. The smallest absolute Gasteiger partial charge is 0.238 e. The molecule has 4 nitrogen and oxygen atoms in total. The molecule has 0 N–H and O–H groups in total. The summed E-state index contributed by atoms with van der Waals surface area (Å²) in [6.45, 7) is 6.61. The molecule has 5 heteroatoms. The van der Waals surface area contributed by atoms with Crippen LogP contribution < -0.4 is 5.38 Å². The fourth-order valence-corrected chi connectivity index (χ4v) is 5.45. The van der Waals surface area contributed by atoms with Crippen molar-refractivity contribution in [3.05, 3.63) is 34.2 Å². The molecule has 1 aromatic rings. The summed E-state index contributed by atoms with van der Waals surface area (Å²) < 4.78 is 5.74. The van der Waals surface area contributed by atoms with Crippen molar-refractivity contribution in [3.8, 4) is 0 Å². The Bertz CT molecular complexity index is 399. The predicted molar refractivity (Wildman–Crippen MR) is 71.6 cm³/mol. The van der Waals surface area contributed by atoms with Crippen molar-refractivity contribution in [2.24, 2.45) is 0 Å². The Kier molecular flexibility index (Phi) is 4.69. The molecular weight excluding hydrogens is 234 g/mol. The van der Waals surface area contributed by atoms with Crippen LogP contribution in [-0.4, -0.2) is 13.0 Å². The molecule has 0 saturated heterocycles. The first kappa shape index (κ1) is 13.7. The number of nitro groups is 1. The number of hydrogen-bond donors (Lipinski definition) is 0. The Labute approximate surface area is 102 Å². The molecule has 0 unspecified atom stereocenters. The monoisotopic (exact) mass is 253 g/mol. The van der Waals surface area contributed by atoms with Gasteiger partial charge in [0.2, 0.25) is 6.20 Å². The summed E-state index contributed by atoms with van der Waals surface area (Å²) in [6.07, 6.45) is 2.32. The molecule has 0 fully saturated rings. The molecule has 0 spiro atoms. The fourth-order valence-electron chi connectivity index (χ4n) is 2.13. The number of rotatable bonds is 6. The second-order valence-electron chi connectivity index (χ2n) is 4.14. The van der Waals surface area contributed by atoms with Crippen molar-refractivity contribution in [2.75, 3.05) is 0 Å². The molecular formula is C12H19NO3Si. The molecule has 0 aromatic carbocycles. The highest BCUT2D eigenvalue weighted by Crippen LogP contribution is 2.21. The SMILES string of the molecule is CC[Si](CC)(CC)c1ccc(/C=C/[N+](=O)[O-])o1. The van der Waals surface area contributed by atoms with Gasteiger partial charge in [0.05, 0.1) is 16.4 Å². The molecule has 17 heavy (non-hydrogen) atoms. The zero-order chi connectivity index (χ0) is 12.9. The molecule has 0 aliphatic carbocycles. The van der Waals surface area contributed by atoms with E-state index in [4.69, 9.17) is 4.42 Å². The Morgan fingerprint density at radius 1 is 1.29 bits per heavy atom. The molecule has 0 bridgehead atoms. The van der Waals surface area contributed by atoms with E-state index in [2.05, 4.69) is 20.8 Å². The molecule has 0 atom stereocenters. The highest BCUT2D eigenvalue weighted by molar-refractivity contribution is 6.90. The lowest BCUT2D eigenvalue weighted by Crippen LogP contribution is -2.44. The molecule has 0 amide bonds. The maximum atomic E-state index is 10.2. The van der Waals surface area contributed by atoms with Crippen LogP contribution >= 0.6 is 0 Å². The summed E-state index contributed by atoms with van der Waals surface area (Å²) in [4.78, 5) is 9.75. The van der Waals surface area contributed by atoms with Crippen LogP contribution in [-0.2, 0) is 0 Å². The highest BCUT2D eigenvalue weighted by Gasteiger charge is 2.32. The third-order valence-corrected chi connectivity index (χ3v) is 8.92. The van der Waals surface area contributed by atoms with E-state index in [1.54, 1.807) is 0 Å². The van der Waals surface area contributed by atoms with Gasteiger partial charge in [-0.25, -0.2) is 0 Å². The first-order valence-electron chi connectivity index (χ1n) is 6.00. The van der Waals surface area contributed by atoms with E-state index in [0.717, 1.165) is 29.7 Å². The molecule has 1 rings (SSSR count). The van der Waals surface area contributed by atoms with Crippen LogP contribution in [0.2, 0.25) is 18.1 Å². The van der Waals surface area contributed by atoms with Crippen LogP contribution in [0, 0.1) is 10.1 Å². The second-order valence-corrected chi connectivity index (χ2v) is 9.32. The normalized spacial score (nSPS) is 12.2. The van der Waals surface area contributed by atoms with Gasteiger partial charge in [0.1, 0.15) is 13.8 Å². The second kappa shape index (κ2) is 5.81. The van der Waals surface area contributed by atoms with Gasteiger partial charge in [-0.1, -0.05) is 38.9 Å². The Morgan fingerprint density at radius 3 is 2.35 bits per heavy atom. The zero-order valence-corrected chi connectivity index (χ0v) is 11.6. The minimum Gasteiger partial charge on any atom is -0.467 e. The van der Waals surface area contributed by atoms with Gasteiger partial charge in [-0.05, 0) is 12.1 Å². The maximum absolute atomic E-state index is 10.2. The van der Waals surface area contributed by atoms with Gasteiger partial charge in [0.25, 0.3) is 0 Å². The van der Waals surface area contributed by atoms with E-state index in [1.165, 1.54) is 6.08 Å². The molecule has 0 aliphatic heterocycles. The summed E-state index contributed by atoms with van der Waals surface area (Å²) in [5, 5.41) is 11.3. The maximum Gasteiger partial charge on any atom is 0.238 e. The van der Waals surface area contributed by atoms with Gasteiger partial charge in [-0.2, -0.15) is 0 Å². The van der Waals surface area contributed by atoms with Gasteiger partial charge < -0.3 is 4.42 Å². The molecule has 1 aromatic heterocycles. The van der Waals surface area contributed by atoms with Gasteiger partial charge in [-0.15, -0.1) is 0 Å². The Hall–Kier alpha value is -1.36. The van der Waals surface area contributed by atoms with Gasteiger partial charge in [0.15, 0.2) is 0 Å². The van der Waals surface area contributed by atoms with Crippen molar-refractivity contribution in [3.63, 3.8) is 0 Å². The largest absolute Gasteiger partial charge is 0.467 e. The molecule has 0 radical (unpaired) electrons. The van der Waals surface area contributed by atoms with Crippen molar-refractivity contribution < 1.29 is 9.34 Å². The lowest BCUT2D eigenvalue weighted by Gasteiger charge is -2.24. The quantitative estimate of drug-likeness (QED) is 0.444. The van der Waals surface area contributed by atoms with Crippen LogP contribution in [0.5, 0.6) is 0 Å². The van der Waals surface area contributed by atoms with Crippen molar-refractivity contribution >= 4 is 19.5 Å². The first-order valence-corrected chi connectivity index (χ1v) is 8.62. The molecule has 0 aliphatic rings. The third kappa shape index (κ3) is 3.06. The Morgan fingerprint density at radius 2 is 1.88 bits per heavy atom. The van der Waals surface area contributed by atoms with Crippen molar-refractivity contribution in [2.45, 2.75) is 38.9 Å². The van der Waals surface area contributed by atoms with E-state index < -0.39 is 13.0 Å². The van der Waals surface area contributed by atoms with E-state index in [0.29, 0.717) is 5.76 Å². The third-order valence-electron chi connectivity index (χ3n) is 3.54. The average Bonchev–Trinajstić information content (AvgIpc) is 2.79. The lowest BCUT2D eigenvalue weighted by atomic mass is 10.4. The topological polar surface area (TPSA) is 56.3 Å². The van der Waals surface area contributed by atoms with Crippen LogP contribution in [0.1, 0.15) is 26.5 Å². The summed E-state index contributed by atoms with van der Waals surface area (Å²) >= 11 is 0. The molecule has 1 heterocycles. The first-order chi connectivity index (χ1) is 8.07. The standard InChI is InChI=1S/C12H19NO3Si/c1-4-17(5-2,6-3)12-8-7-11(16-12)9-10-13(14)15/h7-10H,4-6H2,1-3H3/b10-9+. The minimum atomic E-state index is -1.50. The summed E-state index contributed by atoms with van der Waals surface area (Å²) in [6, 6.07) is 7.24. The number of hydrogen-bond acceptors (Lipinski definition) is 3. The van der Waals surface area contributed by atoms with Crippen LogP contribution in [0.3, 0.4) is 0 Å². The van der Waals surface area contributed by atoms with Crippen LogP contribution in [0.15, 0.2) is 22.7 Å². The van der Waals surface area contributed by atoms with Gasteiger partial charge in [-0.3, -0.25) is 10.1 Å². The summed E-state index contributed by atoms with van der Waals surface area (Å²) in [5.41, 5.74) is 0. The van der Waals surface area contributed by atoms with Crippen molar-refractivity contribution in [1.29, 1.82) is 0 Å². The predicted octanol–water partition coefficient (Wildman–Crippen LogP) is 3.24. The fraction of sp³-hybridized carbons (Fsp3) is 0.500. The van der Waals surface area contributed by atoms with E-state index in [-0.39, 0.29) is 0 Å². The number of furan rings is 1.